The molecule has 0 radical (unpaired) electrons. The number of hydrogen-bond acceptors (Lipinski definition) is 6. The summed E-state index contributed by atoms with van der Waals surface area (Å²) in [6.07, 6.45) is 6.92. The Morgan fingerprint density at radius 1 is 1.06 bits per heavy atom. The minimum Gasteiger partial charge on any atom is -0.356 e. The van der Waals surface area contributed by atoms with Crippen molar-refractivity contribution in [2.45, 2.75) is 44.4 Å². The summed E-state index contributed by atoms with van der Waals surface area (Å²) in [6, 6.07) is 11.7. The van der Waals surface area contributed by atoms with Crippen LogP contribution in [-0.2, 0) is 9.84 Å². The van der Waals surface area contributed by atoms with Crippen LogP contribution in [0, 0.1) is 25.2 Å². The van der Waals surface area contributed by atoms with Crippen molar-refractivity contribution in [1.29, 1.82) is 5.26 Å². The number of nitrogens with zero attached hydrogens (tertiary/aromatic N) is 4. The van der Waals surface area contributed by atoms with E-state index < -0.39 is 20.3 Å². The number of sulfone groups is 1. The Labute approximate surface area is 193 Å². The number of fused-ring (bicyclic) bond motifs is 1. The van der Waals surface area contributed by atoms with Gasteiger partial charge in [-0.2, -0.15) is 5.26 Å². The van der Waals surface area contributed by atoms with E-state index in [-0.39, 0.29) is 10.5 Å². The number of nitriles is 1. The number of allylic oxidation sites excluding steroid dienone is 1. The number of aromatic nitrogens is 2. The first-order valence-electron chi connectivity index (χ1n) is 11.0. The summed E-state index contributed by atoms with van der Waals surface area (Å²) in [7, 11) is -4.09. The maximum Gasteiger partial charge on any atom is 0.267 e. The molecule has 3 aromatic rings. The summed E-state index contributed by atoms with van der Waals surface area (Å²) >= 11 is 0. The quantitative estimate of drug-likeness (QED) is 0.543. The molecular formula is C25H26N4O3S. The van der Waals surface area contributed by atoms with Gasteiger partial charge in [0.1, 0.15) is 22.4 Å². The van der Waals surface area contributed by atoms with Gasteiger partial charge < -0.3 is 4.90 Å². The maximum absolute atomic E-state index is 13.5. The molecule has 0 spiro atoms. The fourth-order valence-electron chi connectivity index (χ4n) is 4.10. The third-order valence-corrected chi connectivity index (χ3v) is 7.66. The van der Waals surface area contributed by atoms with Crippen LogP contribution in [-0.4, -0.2) is 30.9 Å². The van der Waals surface area contributed by atoms with Gasteiger partial charge in [-0.1, -0.05) is 36.6 Å². The lowest BCUT2D eigenvalue weighted by Gasteiger charge is -2.24. The second-order valence-electron chi connectivity index (χ2n) is 8.38. The molecule has 0 saturated carbocycles. The summed E-state index contributed by atoms with van der Waals surface area (Å²) in [5.41, 5.74) is 2.00. The van der Waals surface area contributed by atoms with Crippen molar-refractivity contribution in [2.24, 2.45) is 0 Å². The van der Waals surface area contributed by atoms with E-state index in [1.54, 1.807) is 24.4 Å². The van der Waals surface area contributed by atoms with E-state index >= 15 is 0 Å². The minimum absolute atomic E-state index is 0.0157. The molecular weight excluding hydrogens is 436 g/mol. The van der Waals surface area contributed by atoms with Gasteiger partial charge in [0.2, 0.25) is 9.84 Å². The minimum atomic E-state index is -4.09. The first kappa shape index (κ1) is 22.7. The average molecular weight is 463 g/mol. The molecule has 1 aromatic carbocycles. The first-order chi connectivity index (χ1) is 15.8. The molecule has 1 aliphatic rings. The van der Waals surface area contributed by atoms with E-state index in [1.165, 1.54) is 22.6 Å². The van der Waals surface area contributed by atoms with Gasteiger partial charge in [-0.25, -0.2) is 13.4 Å². The van der Waals surface area contributed by atoms with Crippen LogP contribution in [0.2, 0.25) is 0 Å². The van der Waals surface area contributed by atoms with E-state index in [2.05, 4.69) is 0 Å². The Bertz CT molecular complexity index is 1420. The number of hydrogen-bond donors (Lipinski definition) is 0. The van der Waals surface area contributed by atoms with Crippen LogP contribution in [0.5, 0.6) is 0 Å². The van der Waals surface area contributed by atoms with Crippen molar-refractivity contribution < 1.29 is 8.42 Å². The van der Waals surface area contributed by atoms with Crippen LogP contribution >= 0.6 is 0 Å². The number of anilines is 1. The van der Waals surface area contributed by atoms with Crippen molar-refractivity contribution in [3.05, 3.63) is 74.5 Å². The molecule has 2 aromatic heterocycles. The third-order valence-electron chi connectivity index (χ3n) is 5.98. The van der Waals surface area contributed by atoms with Crippen LogP contribution in [0.4, 0.5) is 5.82 Å². The SMILES string of the molecule is Cc1ccc(S(=O)(=O)/C(C#N)=C/c2c(N3CCCCCC3)nc3c(C)cccn3c2=O)cc1. The molecule has 7 nitrogen and oxygen atoms in total. The Hall–Kier alpha value is -3.44. The van der Waals surface area contributed by atoms with Crippen molar-refractivity contribution in [3.63, 3.8) is 0 Å². The van der Waals surface area contributed by atoms with E-state index in [0.717, 1.165) is 49.9 Å². The summed E-state index contributed by atoms with van der Waals surface area (Å²) in [4.78, 5) is 19.9. The molecule has 8 heteroatoms. The molecule has 0 amide bonds. The van der Waals surface area contributed by atoms with Crippen molar-refractivity contribution in [1.82, 2.24) is 9.38 Å². The largest absolute Gasteiger partial charge is 0.356 e. The third kappa shape index (κ3) is 4.41. The predicted molar refractivity (Wildman–Crippen MR) is 129 cm³/mol. The van der Waals surface area contributed by atoms with Crippen LogP contribution in [0.25, 0.3) is 11.7 Å². The van der Waals surface area contributed by atoms with Crippen molar-refractivity contribution in [3.8, 4) is 6.07 Å². The molecule has 4 rings (SSSR count). The molecule has 0 bridgehead atoms. The van der Waals surface area contributed by atoms with Gasteiger partial charge in [0.05, 0.1) is 10.5 Å². The van der Waals surface area contributed by atoms with Crippen LogP contribution in [0.1, 0.15) is 42.4 Å². The summed E-state index contributed by atoms with van der Waals surface area (Å²) in [5, 5.41) is 9.79. The number of benzene rings is 1. The van der Waals surface area contributed by atoms with Gasteiger partial charge in [0.25, 0.3) is 5.56 Å². The molecule has 1 saturated heterocycles. The zero-order chi connectivity index (χ0) is 23.6. The Balaban J connectivity index is 1.96. The molecule has 170 valence electrons. The zero-order valence-corrected chi connectivity index (χ0v) is 19.6. The summed E-state index contributed by atoms with van der Waals surface area (Å²) < 4.78 is 27.8. The van der Waals surface area contributed by atoms with Crippen molar-refractivity contribution >= 4 is 27.4 Å². The molecule has 3 heterocycles. The van der Waals surface area contributed by atoms with Crippen LogP contribution in [0.3, 0.4) is 0 Å². The first-order valence-corrected chi connectivity index (χ1v) is 12.5. The van der Waals surface area contributed by atoms with Gasteiger partial charge in [0, 0.05) is 19.3 Å². The highest BCUT2D eigenvalue weighted by Gasteiger charge is 2.25. The average Bonchev–Trinajstić information content (AvgIpc) is 3.08. The maximum atomic E-state index is 13.5. The fourth-order valence-corrected chi connectivity index (χ4v) is 5.24. The van der Waals surface area contributed by atoms with Gasteiger partial charge >= 0.3 is 0 Å². The molecule has 0 unspecified atom stereocenters. The highest BCUT2D eigenvalue weighted by atomic mass is 32.2. The molecule has 33 heavy (non-hydrogen) atoms. The number of rotatable bonds is 4. The van der Waals surface area contributed by atoms with E-state index in [4.69, 9.17) is 4.98 Å². The number of pyridine rings is 1. The highest BCUT2D eigenvalue weighted by Crippen LogP contribution is 2.26. The summed E-state index contributed by atoms with van der Waals surface area (Å²) in [5.74, 6) is 0.433. The van der Waals surface area contributed by atoms with E-state index in [0.29, 0.717) is 11.5 Å². The van der Waals surface area contributed by atoms with Crippen LogP contribution < -0.4 is 10.5 Å². The lowest BCUT2D eigenvalue weighted by Crippen LogP contribution is -2.30. The van der Waals surface area contributed by atoms with Gasteiger partial charge in [-0.05, 0) is 56.5 Å². The lowest BCUT2D eigenvalue weighted by molar-refractivity contribution is 0.603. The molecule has 0 N–H and O–H groups in total. The van der Waals surface area contributed by atoms with Gasteiger partial charge in [0.15, 0.2) is 0 Å². The van der Waals surface area contributed by atoms with E-state index in [1.807, 2.05) is 30.9 Å². The molecule has 1 fully saturated rings. The Kier molecular flexibility index (Phi) is 6.34. The number of aryl methyl sites for hydroxylation is 2. The Morgan fingerprint density at radius 3 is 2.36 bits per heavy atom. The van der Waals surface area contributed by atoms with Gasteiger partial charge in [-0.3, -0.25) is 9.20 Å². The van der Waals surface area contributed by atoms with Crippen LogP contribution in [0.15, 0.2) is 57.2 Å². The fraction of sp³-hybridized carbons (Fsp3) is 0.320. The standard InChI is InChI=1S/C25H26N4O3S/c1-18-9-11-20(12-10-18)33(31,32)21(17-26)16-22-24(28-13-5-3-4-6-14-28)27-23-19(2)8-7-15-29(23)25(22)30/h7-12,15-16H,3-6,13-14H2,1-2H3/b21-16+. The smallest absolute Gasteiger partial charge is 0.267 e. The molecule has 1 aliphatic heterocycles. The predicted octanol–water partition coefficient (Wildman–Crippen LogP) is 4.03. The molecule has 0 aliphatic carbocycles. The summed E-state index contributed by atoms with van der Waals surface area (Å²) in [6.45, 7) is 5.19. The van der Waals surface area contributed by atoms with E-state index in [9.17, 15) is 18.5 Å². The second-order valence-corrected chi connectivity index (χ2v) is 10.3. The van der Waals surface area contributed by atoms with Crippen molar-refractivity contribution in [2.75, 3.05) is 18.0 Å². The monoisotopic (exact) mass is 462 g/mol. The second kappa shape index (κ2) is 9.20. The van der Waals surface area contributed by atoms with Gasteiger partial charge in [-0.15, -0.1) is 0 Å². The zero-order valence-electron chi connectivity index (χ0n) is 18.8. The lowest BCUT2D eigenvalue weighted by atomic mass is 10.2. The highest BCUT2D eigenvalue weighted by molar-refractivity contribution is 7.95. The normalized spacial score (nSPS) is 15.3. The molecule has 0 atom stereocenters. The topological polar surface area (TPSA) is 95.5 Å². The Morgan fingerprint density at radius 2 is 1.73 bits per heavy atom.